The summed E-state index contributed by atoms with van der Waals surface area (Å²) in [4.78, 5) is 28.5. The Labute approximate surface area is 135 Å². The van der Waals surface area contributed by atoms with Crippen molar-refractivity contribution >= 4 is 33.1 Å². The lowest BCUT2D eigenvalue weighted by Crippen LogP contribution is -2.29. The summed E-state index contributed by atoms with van der Waals surface area (Å²) in [6.45, 7) is 0. The number of aliphatic hydroxyl groups is 1. The van der Waals surface area contributed by atoms with E-state index in [1.165, 1.54) is 17.4 Å². The number of amides is 1. The first-order valence-corrected chi connectivity index (χ1v) is 8.12. The van der Waals surface area contributed by atoms with Crippen molar-refractivity contribution in [2.24, 2.45) is 0 Å². The van der Waals surface area contributed by atoms with Gasteiger partial charge in [-0.1, -0.05) is 12.1 Å². The summed E-state index contributed by atoms with van der Waals surface area (Å²) in [5.74, 6) is -0.349. The minimum Gasteiger partial charge on any atom is -0.380 e. The molecule has 0 radical (unpaired) electrons. The number of aromatic amines is 1. The van der Waals surface area contributed by atoms with Gasteiger partial charge in [0.2, 0.25) is 0 Å². The highest BCUT2D eigenvalue weighted by atomic mass is 32.1. The van der Waals surface area contributed by atoms with E-state index in [1.807, 2.05) is 18.2 Å². The number of H-pyrrole nitrogens is 1. The van der Waals surface area contributed by atoms with Crippen LogP contribution < -0.4 is 10.7 Å². The zero-order chi connectivity index (χ0) is 16.0. The molecule has 1 aliphatic rings. The van der Waals surface area contributed by atoms with E-state index >= 15 is 0 Å². The maximum atomic E-state index is 11.8. The Kier molecular flexibility index (Phi) is 3.11. The Bertz CT molecular complexity index is 952. The van der Waals surface area contributed by atoms with Gasteiger partial charge in [-0.2, -0.15) is 0 Å². The van der Waals surface area contributed by atoms with Gasteiger partial charge in [-0.25, -0.2) is 0 Å². The Morgan fingerprint density at radius 2 is 1.96 bits per heavy atom. The van der Waals surface area contributed by atoms with Crippen LogP contribution in [0.25, 0.3) is 20.7 Å². The molecule has 0 spiro atoms. The maximum absolute atomic E-state index is 11.8. The number of carbonyl (C=O) groups is 1. The van der Waals surface area contributed by atoms with Crippen molar-refractivity contribution in [1.29, 1.82) is 0 Å². The van der Waals surface area contributed by atoms with Crippen LogP contribution in [0.4, 0.5) is 5.69 Å². The molecule has 4 rings (SSSR count). The Hall–Kier alpha value is -2.44. The van der Waals surface area contributed by atoms with E-state index in [4.69, 9.17) is 0 Å². The highest BCUT2D eigenvalue weighted by molar-refractivity contribution is 7.21. The lowest BCUT2D eigenvalue weighted by atomic mass is 10.1. The highest BCUT2D eigenvalue weighted by Gasteiger charge is 2.48. The molecule has 1 saturated carbocycles. The topological polar surface area (TPSA) is 82.2 Å². The minimum absolute atomic E-state index is 0.00260. The Morgan fingerprint density at radius 3 is 2.61 bits per heavy atom. The summed E-state index contributed by atoms with van der Waals surface area (Å²) in [6, 6.07) is 10.8. The number of benzene rings is 1. The number of pyridine rings is 1. The second-order valence-corrected chi connectivity index (χ2v) is 6.81. The van der Waals surface area contributed by atoms with E-state index in [-0.39, 0.29) is 11.3 Å². The summed E-state index contributed by atoms with van der Waals surface area (Å²) in [5.41, 5.74) is 0.450. The molecule has 0 atom stereocenters. The highest BCUT2D eigenvalue weighted by Crippen LogP contribution is 2.36. The van der Waals surface area contributed by atoms with E-state index in [0.29, 0.717) is 23.9 Å². The molecule has 3 N–H and O–H groups in total. The van der Waals surface area contributed by atoms with Crippen molar-refractivity contribution in [3.63, 3.8) is 0 Å². The number of rotatable bonds is 3. The standard InChI is InChI=1S/C17H14N2O3S/c20-13-5-8-18-15-12(13)9-14(23-15)10-1-3-11(4-2-10)19-16(21)17(22)6-7-17/h1-5,8-9,22H,6-7H2,(H,18,20)(H,19,21). The number of hydrogen-bond donors (Lipinski definition) is 3. The van der Waals surface area contributed by atoms with Gasteiger partial charge in [-0.15, -0.1) is 11.3 Å². The molecule has 0 unspecified atom stereocenters. The van der Waals surface area contributed by atoms with Crippen molar-refractivity contribution in [1.82, 2.24) is 4.98 Å². The SMILES string of the molecule is O=C(Nc1ccc(-c2cc3c(=O)cc[nH]c3s2)cc1)C1(O)CC1. The van der Waals surface area contributed by atoms with E-state index in [2.05, 4.69) is 10.3 Å². The van der Waals surface area contributed by atoms with Gasteiger partial charge in [0.25, 0.3) is 5.91 Å². The third kappa shape index (κ3) is 2.56. The first kappa shape index (κ1) is 14.2. The monoisotopic (exact) mass is 326 g/mol. The van der Waals surface area contributed by atoms with Crippen LogP contribution in [0.15, 0.2) is 47.4 Å². The predicted octanol–water partition coefficient (Wildman–Crippen LogP) is 2.72. The molecule has 1 aliphatic carbocycles. The fourth-order valence-electron chi connectivity index (χ4n) is 2.42. The average Bonchev–Trinajstić information content (AvgIpc) is 3.14. The third-order valence-corrected chi connectivity index (χ3v) is 5.14. The van der Waals surface area contributed by atoms with Crippen LogP contribution in [0, 0.1) is 0 Å². The van der Waals surface area contributed by atoms with E-state index in [9.17, 15) is 14.7 Å². The fraction of sp³-hybridized carbons (Fsp3) is 0.176. The van der Waals surface area contributed by atoms with E-state index < -0.39 is 5.60 Å². The van der Waals surface area contributed by atoms with Crippen molar-refractivity contribution < 1.29 is 9.90 Å². The number of nitrogens with one attached hydrogen (secondary N) is 2. The Morgan fingerprint density at radius 1 is 1.22 bits per heavy atom. The average molecular weight is 326 g/mol. The Balaban J connectivity index is 1.60. The van der Waals surface area contributed by atoms with Gasteiger partial charge in [0.1, 0.15) is 10.4 Å². The summed E-state index contributed by atoms with van der Waals surface area (Å²) >= 11 is 1.52. The van der Waals surface area contributed by atoms with Gasteiger partial charge in [0.15, 0.2) is 5.43 Å². The molecule has 0 aliphatic heterocycles. The van der Waals surface area contributed by atoms with Crippen molar-refractivity contribution in [3.05, 3.63) is 52.8 Å². The summed E-state index contributed by atoms with van der Waals surface area (Å²) in [6.07, 6.45) is 2.69. The molecule has 1 amide bonds. The molecule has 116 valence electrons. The molecule has 23 heavy (non-hydrogen) atoms. The first-order valence-electron chi connectivity index (χ1n) is 7.31. The maximum Gasteiger partial charge on any atom is 0.256 e. The van der Waals surface area contributed by atoms with E-state index in [1.54, 1.807) is 18.3 Å². The number of fused-ring (bicyclic) bond motifs is 1. The lowest BCUT2D eigenvalue weighted by molar-refractivity contribution is -0.125. The molecule has 2 heterocycles. The third-order valence-electron chi connectivity index (χ3n) is 4.02. The molecule has 0 bridgehead atoms. The normalized spacial score (nSPS) is 15.5. The summed E-state index contributed by atoms with van der Waals surface area (Å²) in [5, 5.41) is 13.2. The van der Waals surface area contributed by atoms with Crippen LogP contribution in [0.2, 0.25) is 0 Å². The van der Waals surface area contributed by atoms with Crippen LogP contribution in [0.1, 0.15) is 12.8 Å². The number of aromatic nitrogens is 1. The van der Waals surface area contributed by atoms with E-state index in [0.717, 1.165) is 15.3 Å². The van der Waals surface area contributed by atoms with Crippen LogP contribution in [0.3, 0.4) is 0 Å². The van der Waals surface area contributed by atoms with Crippen LogP contribution >= 0.6 is 11.3 Å². The molecule has 1 aromatic carbocycles. The van der Waals surface area contributed by atoms with Crippen molar-refractivity contribution in [2.75, 3.05) is 5.32 Å². The predicted molar refractivity (Wildman–Crippen MR) is 90.7 cm³/mol. The van der Waals surface area contributed by atoms with Crippen LogP contribution in [0.5, 0.6) is 0 Å². The number of anilines is 1. The first-order chi connectivity index (χ1) is 11.0. The quantitative estimate of drug-likeness (QED) is 0.692. The molecular weight excluding hydrogens is 312 g/mol. The fourth-order valence-corrected chi connectivity index (χ4v) is 3.46. The summed E-state index contributed by atoms with van der Waals surface area (Å²) < 4.78 is 0. The minimum atomic E-state index is -1.18. The van der Waals surface area contributed by atoms with Gasteiger partial charge in [-0.05, 0) is 36.6 Å². The number of hydrogen-bond acceptors (Lipinski definition) is 4. The molecule has 2 aromatic heterocycles. The van der Waals surface area contributed by atoms with Crippen LogP contribution in [-0.2, 0) is 4.79 Å². The van der Waals surface area contributed by atoms with Gasteiger partial charge >= 0.3 is 0 Å². The molecule has 6 heteroatoms. The summed E-state index contributed by atoms with van der Waals surface area (Å²) in [7, 11) is 0. The molecular formula is C17H14N2O3S. The molecule has 3 aromatic rings. The zero-order valence-corrected chi connectivity index (χ0v) is 12.9. The largest absolute Gasteiger partial charge is 0.380 e. The molecule has 1 fully saturated rings. The smallest absolute Gasteiger partial charge is 0.256 e. The van der Waals surface area contributed by atoms with Gasteiger partial charge < -0.3 is 15.4 Å². The second-order valence-electron chi connectivity index (χ2n) is 5.76. The van der Waals surface area contributed by atoms with Gasteiger partial charge in [0.05, 0.1) is 5.39 Å². The molecule has 5 nitrogen and oxygen atoms in total. The van der Waals surface area contributed by atoms with Gasteiger partial charge in [-0.3, -0.25) is 9.59 Å². The zero-order valence-electron chi connectivity index (χ0n) is 12.1. The number of thiophene rings is 1. The van der Waals surface area contributed by atoms with Crippen LogP contribution in [-0.4, -0.2) is 21.6 Å². The second kappa shape index (κ2) is 5.04. The lowest BCUT2D eigenvalue weighted by Gasteiger charge is -2.09. The van der Waals surface area contributed by atoms with Gasteiger partial charge in [0, 0.05) is 22.8 Å². The molecule has 0 saturated heterocycles. The van der Waals surface area contributed by atoms with Crippen molar-refractivity contribution in [2.45, 2.75) is 18.4 Å². The number of carbonyl (C=O) groups excluding carboxylic acids is 1. The van der Waals surface area contributed by atoms with Crippen molar-refractivity contribution in [3.8, 4) is 10.4 Å².